The molecule has 0 spiro atoms. The third-order valence-corrected chi connectivity index (χ3v) is 9.43. The van der Waals surface area contributed by atoms with E-state index in [2.05, 4.69) is 141 Å². The normalized spacial score (nSPS) is 13.3. The van der Waals surface area contributed by atoms with Crippen LogP contribution in [-0.4, -0.2) is 15.0 Å². The Kier molecular flexibility index (Phi) is 5.94. The molecular weight excluding hydrogens is 522 g/mol. The summed E-state index contributed by atoms with van der Waals surface area (Å²) < 4.78 is 0. The zero-order valence-electron chi connectivity index (χ0n) is 24.4. The van der Waals surface area contributed by atoms with Crippen LogP contribution in [0.1, 0.15) is 37.8 Å². The van der Waals surface area contributed by atoms with Crippen molar-refractivity contribution in [3.05, 3.63) is 139 Å². The third kappa shape index (κ3) is 3.92. The molecule has 8 rings (SSSR count). The maximum Gasteiger partial charge on any atom is 0.164 e. The van der Waals surface area contributed by atoms with Gasteiger partial charge in [-0.2, -0.15) is 0 Å². The van der Waals surface area contributed by atoms with Crippen LogP contribution >= 0.6 is 0 Å². The van der Waals surface area contributed by atoms with Gasteiger partial charge in [0.25, 0.3) is 0 Å². The number of hydrogen-bond donors (Lipinski definition) is 0. The lowest BCUT2D eigenvalue weighted by Gasteiger charge is -2.29. The highest BCUT2D eigenvalue weighted by Crippen LogP contribution is 2.53. The summed E-state index contributed by atoms with van der Waals surface area (Å²) in [6, 6.07) is 45.3. The topological polar surface area (TPSA) is 38.7 Å². The molecule has 0 N–H and O–H groups in total. The van der Waals surface area contributed by atoms with Crippen molar-refractivity contribution in [2.75, 3.05) is 0 Å². The summed E-state index contributed by atoms with van der Waals surface area (Å²) in [4.78, 5) is 15.5. The SMILES string of the molecule is CCC1(CC)c2ccccc2-c2ccc(-c3nc(-c4cccc5ccccc45)nc(-c4cccc5ccccc45)n3)cc21. The predicted molar refractivity (Wildman–Crippen MR) is 178 cm³/mol. The summed E-state index contributed by atoms with van der Waals surface area (Å²) in [5, 5.41) is 4.59. The number of rotatable bonds is 5. The summed E-state index contributed by atoms with van der Waals surface area (Å²) in [5.41, 5.74) is 8.47. The zero-order chi connectivity index (χ0) is 29.0. The summed E-state index contributed by atoms with van der Waals surface area (Å²) >= 11 is 0. The molecule has 0 radical (unpaired) electrons. The molecule has 1 aromatic heterocycles. The van der Waals surface area contributed by atoms with Crippen LogP contribution in [0.5, 0.6) is 0 Å². The molecule has 6 aromatic carbocycles. The van der Waals surface area contributed by atoms with E-state index in [0.29, 0.717) is 17.5 Å². The molecule has 0 amide bonds. The monoisotopic (exact) mass is 553 g/mol. The molecule has 0 atom stereocenters. The first-order valence-electron chi connectivity index (χ1n) is 15.2. The van der Waals surface area contributed by atoms with Gasteiger partial charge in [-0.05, 0) is 62.7 Å². The smallest absolute Gasteiger partial charge is 0.164 e. The van der Waals surface area contributed by atoms with Gasteiger partial charge < -0.3 is 0 Å². The van der Waals surface area contributed by atoms with E-state index >= 15 is 0 Å². The van der Waals surface area contributed by atoms with Crippen LogP contribution in [-0.2, 0) is 5.41 Å². The van der Waals surface area contributed by atoms with Gasteiger partial charge in [-0.25, -0.2) is 15.0 Å². The van der Waals surface area contributed by atoms with Crippen LogP contribution in [0.15, 0.2) is 127 Å². The van der Waals surface area contributed by atoms with Crippen LogP contribution in [0.3, 0.4) is 0 Å². The van der Waals surface area contributed by atoms with E-state index in [-0.39, 0.29) is 5.41 Å². The molecule has 43 heavy (non-hydrogen) atoms. The molecule has 0 fully saturated rings. The molecule has 1 heterocycles. The summed E-state index contributed by atoms with van der Waals surface area (Å²) in [6.45, 7) is 4.62. The predicted octanol–water partition coefficient (Wildman–Crippen LogP) is 10.3. The molecule has 206 valence electrons. The highest BCUT2D eigenvalue weighted by Gasteiger charge is 2.40. The second kappa shape index (κ2) is 9.99. The second-order valence-electron chi connectivity index (χ2n) is 11.5. The Balaban J connectivity index is 1.39. The Morgan fingerprint density at radius 3 is 1.56 bits per heavy atom. The molecule has 0 saturated heterocycles. The Morgan fingerprint density at radius 1 is 0.442 bits per heavy atom. The van der Waals surface area contributed by atoms with E-state index in [4.69, 9.17) is 15.0 Å². The van der Waals surface area contributed by atoms with Crippen molar-refractivity contribution < 1.29 is 0 Å². The Hall–Kier alpha value is -5.15. The molecular formula is C40H31N3. The minimum atomic E-state index is -0.0219. The maximum absolute atomic E-state index is 5.18. The summed E-state index contributed by atoms with van der Waals surface area (Å²) in [5.74, 6) is 2.07. The average molecular weight is 554 g/mol. The van der Waals surface area contributed by atoms with E-state index in [0.717, 1.165) is 40.3 Å². The van der Waals surface area contributed by atoms with Gasteiger partial charge in [0.2, 0.25) is 0 Å². The molecule has 0 saturated carbocycles. The number of hydrogen-bond acceptors (Lipinski definition) is 3. The molecule has 3 heteroatoms. The minimum Gasteiger partial charge on any atom is -0.208 e. The Bertz CT molecular complexity index is 2070. The van der Waals surface area contributed by atoms with Crippen LogP contribution in [0.25, 0.3) is 66.8 Å². The number of fused-ring (bicyclic) bond motifs is 5. The van der Waals surface area contributed by atoms with E-state index in [1.54, 1.807) is 0 Å². The van der Waals surface area contributed by atoms with Gasteiger partial charge in [-0.15, -0.1) is 0 Å². The first-order chi connectivity index (χ1) is 21.2. The molecule has 0 unspecified atom stereocenters. The van der Waals surface area contributed by atoms with Gasteiger partial charge in [0.15, 0.2) is 17.5 Å². The largest absolute Gasteiger partial charge is 0.208 e. The molecule has 7 aromatic rings. The molecule has 0 aliphatic heterocycles. The fourth-order valence-electron chi connectivity index (χ4n) is 7.19. The number of aromatic nitrogens is 3. The van der Waals surface area contributed by atoms with Crippen molar-refractivity contribution in [1.29, 1.82) is 0 Å². The van der Waals surface area contributed by atoms with E-state index in [1.807, 2.05) is 0 Å². The molecule has 0 bridgehead atoms. The number of benzene rings is 6. The van der Waals surface area contributed by atoms with Crippen LogP contribution in [0.2, 0.25) is 0 Å². The van der Waals surface area contributed by atoms with Crippen molar-refractivity contribution in [2.24, 2.45) is 0 Å². The Morgan fingerprint density at radius 2 is 0.930 bits per heavy atom. The fraction of sp³-hybridized carbons (Fsp3) is 0.125. The molecule has 3 nitrogen and oxygen atoms in total. The highest BCUT2D eigenvalue weighted by molar-refractivity contribution is 5.97. The van der Waals surface area contributed by atoms with Crippen LogP contribution < -0.4 is 0 Å². The molecule has 1 aliphatic carbocycles. The number of nitrogens with zero attached hydrogens (tertiary/aromatic N) is 3. The van der Waals surface area contributed by atoms with E-state index in [9.17, 15) is 0 Å². The first-order valence-corrected chi connectivity index (χ1v) is 15.2. The minimum absolute atomic E-state index is 0.0219. The van der Waals surface area contributed by atoms with Crippen molar-refractivity contribution in [3.63, 3.8) is 0 Å². The first kappa shape index (κ1) is 25.6. The summed E-state index contributed by atoms with van der Waals surface area (Å²) in [7, 11) is 0. The van der Waals surface area contributed by atoms with Crippen molar-refractivity contribution in [2.45, 2.75) is 32.1 Å². The van der Waals surface area contributed by atoms with Crippen molar-refractivity contribution >= 4 is 21.5 Å². The lowest BCUT2D eigenvalue weighted by Crippen LogP contribution is -2.23. The quantitative estimate of drug-likeness (QED) is 0.213. The highest BCUT2D eigenvalue weighted by atomic mass is 15.0. The van der Waals surface area contributed by atoms with Crippen LogP contribution in [0, 0.1) is 0 Å². The van der Waals surface area contributed by atoms with Gasteiger partial charge in [-0.1, -0.05) is 135 Å². The maximum atomic E-state index is 5.18. The van der Waals surface area contributed by atoms with Crippen molar-refractivity contribution in [1.82, 2.24) is 15.0 Å². The van der Waals surface area contributed by atoms with Crippen LogP contribution in [0.4, 0.5) is 0 Å². The zero-order valence-corrected chi connectivity index (χ0v) is 24.4. The van der Waals surface area contributed by atoms with Crippen molar-refractivity contribution in [3.8, 4) is 45.3 Å². The second-order valence-corrected chi connectivity index (χ2v) is 11.5. The average Bonchev–Trinajstić information content (AvgIpc) is 3.37. The van der Waals surface area contributed by atoms with E-state index in [1.165, 1.54) is 33.0 Å². The van der Waals surface area contributed by atoms with Gasteiger partial charge in [0.05, 0.1) is 0 Å². The fourth-order valence-corrected chi connectivity index (χ4v) is 7.19. The standard InChI is InChI=1S/C40H31N3/c1-3-40(4-2)35-22-10-9-19-31(35)32-24-23-28(25-36(32)40)37-41-38(33-20-11-15-26-13-5-7-17-29(26)33)43-39(42-37)34-21-12-16-27-14-6-8-18-30(27)34/h5-25H,3-4H2,1-2H3. The van der Waals surface area contributed by atoms with Gasteiger partial charge in [0, 0.05) is 22.1 Å². The van der Waals surface area contributed by atoms with Gasteiger partial charge in [-0.3, -0.25) is 0 Å². The van der Waals surface area contributed by atoms with Gasteiger partial charge in [0.1, 0.15) is 0 Å². The van der Waals surface area contributed by atoms with E-state index < -0.39 is 0 Å². The lowest BCUT2D eigenvalue weighted by molar-refractivity contribution is 0.490. The third-order valence-electron chi connectivity index (χ3n) is 9.43. The Labute approximate surface area is 252 Å². The van der Waals surface area contributed by atoms with Gasteiger partial charge >= 0.3 is 0 Å². The summed E-state index contributed by atoms with van der Waals surface area (Å²) in [6.07, 6.45) is 2.08. The molecule has 1 aliphatic rings. The lowest BCUT2D eigenvalue weighted by atomic mass is 9.73.